The van der Waals surface area contributed by atoms with Gasteiger partial charge in [0, 0.05) is 35.8 Å². The highest BCUT2D eigenvalue weighted by Gasteiger charge is 2.48. The minimum absolute atomic E-state index is 0.0621. The maximum atomic E-state index is 13.5. The van der Waals surface area contributed by atoms with Crippen molar-refractivity contribution in [2.75, 3.05) is 20.3 Å². The Hall–Kier alpha value is -3.58. The second-order valence-corrected chi connectivity index (χ2v) is 10.5. The second-order valence-electron chi connectivity index (χ2n) is 10.5. The van der Waals surface area contributed by atoms with Crippen LogP contribution in [0, 0.1) is 0 Å². The molecule has 2 aromatic carbocycles. The average molecular weight is 489 g/mol. The smallest absolute Gasteiger partial charge is 0.295 e. The minimum Gasteiger partial charge on any atom is -0.507 e. The Kier molecular flexibility index (Phi) is 6.12. The minimum atomic E-state index is -0.756. The number of aromatic amines is 1. The van der Waals surface area contributed by atoms with Crippen LogP contribution in [0.15, 0.2) is 54.2 Å². The number of carbonyl (C=O) groups is 2. The number of H-pyrrole nitrogens is 1. The Bertz CT molecular complexity index is 1360. The molecular formula is C29H32N2O5. The summed E-state index contributed by atoms with van der Waals surface area (Å²) >= 11 is 0. The summed E-state index contributed by atoms with van der Waals surface area (Å²) in [7, 11) is 1.52. The van der Waals surface area contributed by atoms with Gasteiger partial charge in [-0.25, -0.2) is 0 Å². The van der Waals surface area contributed by atoms with Crippen LogP contribution in [0.25, 0.3) is 16.7 Å². The molecule has 2 fully saturated rings. The number of nitrogens with one attached hydrogen (secondary N) is 1. The molecule has 3 heterocycles. The highest BCUT2D eigenvalue weighted by molar-refractivity contribution is 6.46. The monoisotopic (exact) mass is 488 g/mol. The fraction of sp³-hybridized carbons (Fsp3) is 0.379. The predicted octanol–water partition coefficient (Wildman–Crippen LogP) is 5.07. The number of aromatic nitrogens is 1. The van der Waals surface area contributed by atoms with Gasteiger partial charge >= 0.3 is 0 Å². The summed E-state index contributed by atoms with van der Waals surface area (Å²) in [5, 5.41) is 12.6. The second kappa shape index (κ2) is 9.13. The van der Waals surface area contributed by atoms with Crippen molar-refractivity contribution >= 4 is 28.4 Å². The number of hydrogen-bond acceptors (Lipinski definition) is 5. The van der Waals surface area contributed by atoms with Gasteiger partial charge in [-0.3, -0.25) is 9.59 Å². The highest BCUT2D eigenvalue weighted by atomic mass is 16.5. The molecule has 0 radical (unpaired) electrons. The summed E-state index contributed by atoms with van der Waals surface area (Å²) in [6.45, 7) is 7.15. The molecule has 188 valence electrons. The van der Waals surface area contributed by atoms with E-state index in [-0.39, 0.29) is 29.4 Å². The van der Waals surface area contributed by atoms with Crippen LogP contribution in [0.5, 0.6) is 5.75 Å². The predicted molar refractivity (Wildman–Crippen MR) is 138 cm³/mol. The summed E-state index contributed by atoms with van der Waals surface area (Å²) < 4.78 is 11.4. The molecule has 7 nitrogen and oxygen atoms in total. The molecule has 2 saturated heterocycles. The third-order valence-electron chi connectivity index (χ3n) is 7.20. The van der Waals surface area contributed by atoms with E-state index in [2.05, 4.69) is 25.8 Å². The summed E-state index contributed by atoms with van der Waals surface area (Å²) in [4.78, 5) is 31.7. The summed E-state index contributed by atoms with van der Waals surface area (Å²) in [5.41, 5.74) is 2.89. The number of rotatable bonds is 5. The van der Waals surface area contributed by atoms with Crippen LogP contribution in [0.4, 0.5) is 0 Å². The first-order valence-corrected chi connectivity index (χ1v) is 12.4. The number of nitrogens with zero attached hydrogens (tertiary/aromatic N) is 1. The van der Waals surface area contributed by atoms with Crippen LogP contribution in [-0.2, 0) is 19.7 Å². The van der Waals surface area contributed by atoms with E-state index in [1.807, 2.05) is 42.6 Å². The maximum absolute atomic E-state index is 13.5. The molecule has 2 aliphatic heterocycles. The number of ketones is 1. The van der Waals surface area contributed by atoms with E-state index in [0.717, 1.165) is 34.9 Å². The first-order valence-electron chi connectivity index (χ1n) is 12.4. The number of amides is 1. The SMILES string of the molecule is COc1ccc(C(C)(C)C)cc1/C(O)=C1\C(=O)C(=O)N(CC2CCCO2)C1c1c[nH]c2ccccc12. The van der Waals surface area contributed by atoms with E-state index >= 15 is 0 Å². The van der Waals surface area contributed by atoms with Gasteiger partial charge in [-0.1, -0.05) is 45.0 Å². The van der Waals surface area contributed by atoms with Crippen LogP contribution in [-0.4, -0.2) is 53.0 Å². The lowest BCUT2D eigenvalue weighted by atomic mass is 9.85. The highest BCUT2D eigenvalue weighted by Crippen LogP contribution is 2.44. The maximum Gasteiger partial charge on any atom is 0.295 e. The number of aliphatic hydroxyl groups excluding tert-OH is 1. The number of aliphatic hydroxyl groups is 1. The molecule has 0 aliphatic carbocycles. The zero-order chi connectivity index (χ0) is 25.6. The lowest BCUT2D eigenvalue weighted by molar-refractivity contribution is -0.140. The normalized spacial score (nSPS) is 22.1. The van der Waals surface area contributed by atoms with Crippen molar-refractivity contribution in [3.63, 3.8) is 0 Å². The van der Waals surface area contributed by atoms with Gasteiger partial charge < -0.3 is 24.5 Å². The largest absolute Gasteiger partial charge is 0.507 e. The van der Waals surface area contributed by atoms with Gasteiger partial charge in [0.25, 0.3) is 11.7 Å². The number of likely N-dealkylation sites (tertiary alicyclic amines) is 1. The van der Waals surface area contributed by atoms with Gasteiger partial charge in [0.1, 0.15) is 11.5 Å². The fourth-order valence-electron chi connectivity index (χ4n) is 5.22. The van der Waals surface area contributed by atoms with Gasteiger partial charge in [0.15, 0.2) is 0 Å². The number of Topliss-reactive ketones (excluding diaryl/α,β-unsaturated/α-hetero) is 1. The molecule has 1 amide bonds. The van der Waals surface area contributed by atoms with E-state index in [0.29, 0.717) is 17.9 Å². The zero-order valence-corrected chi connectivity index (χ0v) is 21.1. The first-order chi connectivity index (χ1) is 17.2. The Morgan fingerprint density at radius 3 is 2.67 bits per heavy atom. The molecule has 3 aromatic rings. The van der Waals surface area contributed by atoms with E-state index in [1.165, 1.54) is 7.11 Å². The Labute approximate surface area is 210 Å². The fourth-order valence-corrected chi connectivity index (χ4v) is 5.22. The quantitative estimate of drug-likeness (QED) is 0.297. The van der Waals surface area contributed by atoms with E-state index in [9.17, 15) is 14.7 Å². The van der Waals surface area contributed by atoms with Crippen molar-refractivity contribution in [2.24, 2.45) is 0 Å². The average Bonchev–Trinajstić information content (AvgIpc) is 3.58. The lowest BCUT2D eigenvalue weighted by Crippen LogP contribution is -2.36. The molecule has 2 atom stereocenters. The molecule has 5 rings (SSSR count). The van der Waals surface area contributed by atoms with Gasteiger partial charge in [0.05, 0.1) is 30.4 Å². The third-order valence-corrected chi connectivity index (χ3v) is 7.20. The van der Waals surface area contributed by atoms with E-state index in [1.54, 1.807) is 11.0 Å². The van der Waals surface area contributed by atoms with Crippen LogP contribution < -0.4 is 4.74 Å². The van der Waals surface area contributed by atoms with Crippen LogP contribution >= 0.6 is 0 Å². The number of hydrogen-bond donors (Lipinski definition) is 2. The number of para-hydroxylation sites is 1. The summed E-state index contributed by atoms with van der Waals surface area (Å²) in [6.07, 6.45) is 3.42. The lowest BCUT2D eigenvalue weighted by Gasteiger charge is -2.27. The van der Waals surface area contributed by atoms with Crippen molar-refractivity contribution in [3.8, 4) is 5.75 Å². The number of carbonyl (C=O) groups excluding carboxylic acids is 2. The standard InChI is InChI=1S/C29H32N2O5/c1-29(2,3)17-11-12-23(35-4)20(14-17)26(32)24-25(21-15-30-22-10-6-5-9-19(21)22)31(28(34)27(24)33)16-18-8-7-13-36-18/h5-6,9-12,14-15,18,25,30,32H,7-8,13,16H2,1-4H3/b26-24+. The molecule has 0 bridgehead atoms. The van der Waals surface area contributed by atoms with Crippen molar-refractivity contribution in [2.45, 2.75) is 51.2 Å². The van der Waals surface area contributed by atoms with E-state index < -0.39 is 17.7 Å². The van der Waals surface area contributed by atoms with Crippen LogP contribution in [0.2, 0.25) is 0 Å². The molecule has 0 spiro atoms. The third kappa shape index (κ3) is 4.07. The van der Waals surface area contributed by atoms with Gasteiger partial charge in [-0.05, 0) is 42.0 Å². The molecule has 0 saturated carbocycles. The van der Waals surface area contributed by atoms with Gasteiger partial charge in [-0.2, -0.15) is 0 Å². The van der Waals surface area contributed by atoms with Crippen molar-refractivity contribution in [1.29, 1.82) is 0 Å². The topological polar surface area (TPSA) is 91.9 Å². The molecular weight excluding hydrogens is 456 g/mol. The molecule has 7 heteroatoms. The molecule has 2 aliphatic rings. The van der Waals surface area contributed by atoms with E-state index in [4.69, 9.17) is 9.47 Å². The summed E-state index contributed by atoms with van der Waals surface area (Å²) in [5.74, 6) is -1.14. The Balaban J connectivity index is 1.72. The van der Waals surface area contributed by atoms with Gasteiger partial charge in [-0.15, -0.1) is 0 Å². The van der Waals surface area contributed by atoms with Crippen LogP contribution in [0.1, 0.15) is 56.3 Å². The Morgan fingerprint density at radius 2 is 1.97 bits per heavy atom. The van der Waals surface area contributed by atoms with Crippen molar-refractivity contribution in [1.82, 2.24) is 9.88 Å². The zero-order valence-electron chi connectivity index (χ0n) is 21.1. The van der Waals surface area contributed by atoms with Gasteiger partial charge in [0.2, 0.25) is 0 Å². The van der Waals surface area contributed by atoms with Crippen molar-refractivity contribution in [3.05, 3.63) is 70.9 Å². The Morgan fingerprint density at radius 1 is 1.19 bits per heavy atom. The summed E-state index contributed by atoms with van der Waals surface area (Å²) in [6, 6.07) is 12.6. The number of benzene rings is 2. The van der Waals surface area contributed by atoms with Crippen molar-refractivity contribution < 1.29 is 24.2 Å². The first kappa shape index (κ1) is 24.1. The van der Waals surface area contributed by atoms with Crippen LogP contribution in [0.3, 0.4) is 0 Å². The number of methoxy groups -OCH3 is 1. The molecule has 36 heavy (non-hydrogen) atoms. The number of ether oxygens (including phenoxy) is 2. The molecule has 2 N–H and O–H groups in total. The molecule has 1 aromatic heterocycles. The number of fused-ring (bicyclic) bond motifs is 1. The molecule has 2 unspecified atom stereocenters.